The van der Waals surface area contributed by atoms with Gasteiger partial charge in [-0.1, -0.05) is 152 Å². The summed E-state index contributed by atoms with van der Waals surface area (Å²) in [7, 11) is 1.56. The Balaban J connectivity index is 1.09. The van der Waals surface area contributed by atoms with Crippen LogP contribution in [0.25, 0.3) is 0 Å². The van der Waals surface area contributed by atoms with Crippen molar-refractivity contribution in [1.29, 1.82) is 0 Å². The molecule has 1 unspecified atom stereocenters. The number of aliphatic hydroxyl groups is 1. The first-order valence-electron chi connectivity index (χ1n) is 20.2. The Morgan fingerprint density at radius 1 is 0.576 bits per heavy atom. The Morgan fingerprint density at radius 3 is 1.68 bits per heavy atom. The first kappa shape index (κ1) is 41.4. The summed E-state index contributed by atoms with van der Waals surface area (Å²) in [5.74, 6) is 0. The van der Waals surface area contributed by atoms with E-state index in [1.807, 2.05) is 152 Å². The molecule has 0 spiro atoms. The molecule has 3 heterocycles. The Bertz CT molecular complexity index is 1940. The van der Waals surface area contributed by atoms with E-state index >= 15 is 0 Å². The zero-order valence-electron chi connectivity index (χ0n) is 33.1. The Kier molecular flexibility index (Phi) is 14.6. The maximum absolute atomic E-state index is 12.3. The van der Waals surface area contributed by atoms with Crippen LogP contribution in [0.4, 0.5) is 0 Å². The molecule has 5 aromatic carbocycles. The summed E-state index contributed by atoms with van der Waals surface area (Å²) in [5.41, 5.74) is 4.75. The van der Waals surface area contributed by atoms with Gasteiger partial charge in [0.15, 0.2) is 18.9 Å². The van der Waals surface area contributed by atoms with Crippen LogP contribution in [-0.4, -0.2) is 86.8 Å². The summed E-state index contributed by atoms with van der Waals surface area (Å²) >= 11 is 0. The molecule has 1 N–H and O–H groups in total. The maximum atomic E-state index is 12.3. The molecule has 3 aliphatic heterocycles. The van der Waals surface area contributed by atoms with Gasteiger partial charge >= 0.3 is 0 Å². The van der Waals surface area contributed by atoms with Crippen LogP contribution >= 0.6 is 0 Å². The van der Waals surface area contributed by atoms with E-state index in [1.165, 1.54) is 0 Å². The number of benzene rings is 5. The molecular weight excluding hydrogens is 753 g/mol. The maximum Gasteiger partial charge on any atom is 0.187 e. The first-order valence-corrected chi connectivity index (χ1v) is 20.2. The van der Waals surface area contributed by atoms with Crippen molar-refractivity contribution in [3.05, 3.63) is 179 Å². The molecule has 0 aromatic heterocycles. The van der Waals surface area contributed by atoms with Crippen molar-refractivity contribution in [2.24, 2.45) is 0 Å². The van der Waals surface area contributed by atoms with Gasteiger partial charge in [-0.25, -0.2) is 0 Å². The number of methoxy groups -OCH3 is 1. The summed E-state index contributed by atoms with van der Waals surface area (Å²) in [4.78, 5) is 0. The third-order valence-electron chi connectivity index (χ3n) is 10.7. The normalized spacial score (nSPS) is 28.5. The lowest BCUT2D eigenvalue weighted by Gasteiger charge is -2.49. The van der Waals surface area contributed by atoms with Crippen molar-refractivity contribution < 1.29 is 52.5 Å². The van der Waals surface area contributed by atoms with Crippen molar-refractivity contribution in [2.75, 3.05) is 20.3 Å². The van der Waals surface area contributed by atoms with Gasteiger partial charge in [0.1, 0.15) is 48.8 Å². The van der Waals surface area contributed by atoms with Crippen LogP contribution in [-0.2, 0) is 73.8 Å². The molecule has 3 saturated heterocycles. The van der Waals surface area contributed by atoms with Crippen molar-refractivity contribution in [3.63, 3.8) is 0 Å². The number of aliphatic hydroxyl groups excluding tert-OH is 1. The highest BCUT2D eigenvalue weighted by Gasteiger charge is 2.56. The van der Waals surface area contributed by atoms with Gasteiger partial charge in [-0.05, 0) is 22.3 Å². The summed E-state index contributed by atoms with van der Waals surface area (Å²) in [6.07, 6.45) is -9.23. The van der Waals surface area contributed by atoms with Gasteiger partial charge in [0.05, 0.1) is 39.6 Å². The second kappa shape index (κ2) is 20.8. The van der Waals surface area contributed by atoms with E-state index < -0.39 is 67.7 Å². The molecule has 5 aromatic rings. The van der Waals surface area contributed by atoms with Gasteiger partial charge in [0, 0.05) is 12.7 Å². The SMILES string of the molecule is CO[C@H]1O[C@@H]2COC(c3ccccc3)O[C@H]2[C@H](O[C@H]2O[C@H]([C@@H](COCc3ccccc3)OCc3ccccc3)[C@H](OCc3ccccc3)[C@H]2O)[C@@H]1OCc1ccccc1. The molecule has 3 aliphatic rings. The Morgan fingerprint density at radius 2 is 1.10 bits per heavy atom. The molecule has 0 radical (unpaired) electrons. The van der Waals surface area contributed by atoms with Gasteiger partial charge in [0.25, 0.3) is 0 Å². The lowest BCUT2D eigenvalue weighted by molar-refractivity contribution is -0.382. The Hall–Kier alpha value is -4.34. The first-order chi connectivity index (χ1) is 29.1. The molecule has 8 rings (SSSR count). The smallest absolute Gasteiger partial charge is 0.187 e. The van der Waals surface area contributed by atoms with E-state index in [0.29, 0.717) is 6.61 Å². The molecule has 3 fully saturated rings. The largest absolute Gasteiger partial charge is 0.385 e. The van der Waals surface area contributed by atoms with E-state index in [0.717, 1.165) is 27.8 Å². The summed E-state index contributed by atoms with van der Waals surface area (Å²) in [6, 6.07) is 49.2. The number of ether oxygens (including phenoxy) is 10. The molecular formula is C48H52O11. The van der Waals surface area contributed by atoms with E-state index in [1.54, 1.807) is 7.11 Å². The minimum atomic E-state index is -1.25. The second-order valence-electron chi connectivity index (χ2n) is 14.9. The van der Waals surface area contributed by atoms with Crippen molar-refractivity contribution in [3.8, 4) is 0 Å². The molecule has 0 amide bonds. The van der Waals surface area contributed by atoms with Gasteiger partial charge in [-0.2, -0.15) is 0 Å². The Labute approximate surface area is 345 Å². The molecule has 11 nitrogen and oxygen atoms in total. The molecule has 310 valence electrons. The molecule has 11 atom stereocenters. The summed E-state index contributed by atoms with van der Waals surface area (Å²) in [5, 5.41) is 12.3. The highest BCUT2D eigenvalue weighted by molar-refractivity contribution is 5.18. The van der Waals surface area contributed by atoms with Crippen LogP contribution in [0, 0.1) is 0 Å². The zero-order chi connectivity index (χ0) is 40.2. The fourth-order valence-electron chi connectivity index (χ4n) is 7.68. The molecule has 59 heavy (non-hydrogen) atoms. The third kappa shape index (κ3) is 10.7. The average Bonchev–Trinajstić information content (AvgIpc) is 3.61. The van der Waals surface area contributed by atoms with Crippen molar-refractivity contribution in [1.82, 2.24) is 0 Å². The van der Waals surface area contributed by atoms with Crippen LogP contribution in [0.3, 0.4) is 0 Å². The number of hydrogen-bond acceptors (Lipinski definition) is 11. The number of hydrogen-bond donors (Lipinski definition) is 1. The highest BCUT2D eigenvalue weighted by atomic mass is 16.8. The highest BCUT2D eigenvalue weighted by Crippen LogP contribution is 2.39. The molecule has 0 aliphatic carbocycles. The molecule has 0 saturated carbocycles. The zero-order valence-corrected chi connectivity index (χ0v) is 33.1. The topological polar surface area (TPSA) is 113 Å². The summed E-state index contributed by atoms with van der Waals surface area (Å²) in [6.45, 7) is 1.49. The van der Waals surface area contributed by atoms with Crippen molar-refractivity contribution in [2.45, 2.75) is 94.1 Å². The lowest BCUT2D eigenvalue weighted by Crippen LogP contribution is -2.64. The summed E-state index contributed by atoms with van der Waals surface area (Å²) < 4.78 is 64.9. The monoisotopic (exact) mass is 804 g/mol. The fourth-order valence-corrected chi connectivity index (χ4v) is 7.68. The standard InChI is InChI=1S/C48H52O11/c1-50-48-45(54-30-36-23-13-5-14-24-36)44(42-39(56-48)32-55-46(57-42)37-25-15-6-16-26-37)59-47-40(49)43(53-29-35-21-11-4-12-22-35)41(58-47)38(52-28-34-19-9-3-10-20-34)31-51-27-33-17-7-2-8-18-33/h2-26,38-49H,27-32H2,1H3/t38-,39-,40-,41-,42-,43-,44+,45+,46?,47-,48+/m1/s1. The van der Waals surface area contributed by atoms with Gasteiger partial charge in [-0.3, -0.25) is 0 Å². The van der Waals surface area contributed by atoms with E-state index in [9.17, 15) is 5.11 Å². The fraction of sp³-hybridized carbons (Fsp3) is 0.375. The predicted molar refractivity (Wildman–Crippen MR) is 216 cm³/mol. The van der Waals surface area contributed by atoms with Crippen LogP contribution < -0.4 is 0 Å². The third-order valence-corrected chi connectivity index (χ3v) is 10.7. The van der Waals surface area contributed by atoms with Gasteiger partial charge in [-0.15, -0.1) is 0 Å². The number of fused-ring (bicyclic) bond motifs is 1. The van der Waals surface area contributed by atoms with Crippen LogP contribution in [0.15, 0.2) is 152 Å². The minimum Gasteiger partial charge on any atom is -0.385 e. The van der Waals surface area contributed by atoms with E-state index in [-0.39, 0.29) is 33.0 Å². The predicted octanol–water partition coefficient (Wildman–Crippen LogP) is 6.92. The lowest BCUT2D eigenvalue weighted by atomic mass is 9.97. The van der Waals surface area contributed by atoms with Gasteiger partial charge in [0.2, 0.25) is 0 Å². The van der Waals surface area contributed by atoms with E-state index in [4.69, 9.17) is 47.4 Å². The quantitative estimate of drug-likeness (QED) is 0.0997. The van der Waals surface area contributed by atoms with Crippen LogP contribution in [0.5, 0.6) is 0 Å². The minimum absolute atomic E-state index is 0.159. The number of rotatable bonds is 18. The average molecular weight is 805 g/mol. The molecule has 0 bridgehead atoms. The second-order valence-corrected chi connectivity index (χ2v) is 14.9. The van der Waals surface area contributed by atoms with Gasteiger partial charge < -0.3 is 52.5 Å². The van der Waals surface area contributed by atoms with Crippen LogP contribution in [0.2, 0.25) is 0 Å². The van der Waals surface area contributed by atoms with Crippen LogP contribution in [0.1, 0.15) is 34.1 Å². The van der Waals surface area contributed by atoms with Crippen molar-refractivity contribution >= 4 is 0 Å². The van der Waals surface area contributed by atoms with E-state index in [2.05, 4.69) is 0 Å². The molecule has 11 heteroatoms.